The molecule has 0 saturated carbocycles. The van der Waals surface area contributed by atoms with E-state index in [9.17, 15) is 0 Å². The lowest BCUT2D eigenvalue weighted by atomic mass is 10.1. The number of thiazole rings is 1. The highest BCUT2D eigenvalue weighted by Crippen LogP contribution is 2.35. The van der Waals surface area contributed by atoms with Crippen LogP contribution in [0.3, 0.4) is 0 Å². The Kier molecular flexibility index (Phi) is 3.25. The average molecular weight is 308 g/mol. The van der Waals surface area contributed by atoms with Crippen molar-refractivity contribution in [3.05, 3.63) is 51.5 Å². The Labute approximate surface area is 125 Å². The number of aromatic nitrogens is 1. The monoisotopic (exact) mass is 307 g/mol. The summed E-state index contributed by atoms with van der Waals surface area (Å²) in [5.74, 6) is 0. The predicted molar refractivity (Wildman–Crippen MR) is 84.6 cm³/mol. The molecule has 0 spiro atoms. The van der Waals surface area contributed by atoms with Crippen molar-refractivity contribution in [2.45, 2.75) is 13.8 Å². The van der Waals surface area contributed by atoms with Crippen molar-refractivity contribution < 1.29 is 0 Å². The minimum atomic E-state index is 0.561. The van der Waals surface area contributed by atoms with Crippen LogP contribution in [0.15, 0.2) is 30.3 Å². The first-order valence-electron chi connectivity index (χ1n) is 5.88. The van der Waals surface area contributed by atoms with Crippen molar-refractivity contribution >= 4 is 44.8 Å². The van der Waals surface area contributed by atoms with Crippen LogP contribution in [-0.4, -0.2) is 4.98 Å². The average Bonchev–Trinajstić information content (AvgIpc) is 2.76. The quantitative estimate of drug-likeness (QED) is 0.546. The molecule has 0 aliphatic carbocycles. The zero-order valence-electron chi connectivity index (χ0n) is 10.5. The number of hydrogen-bond donors (Lipinski definition) is 0. The molecule has 96 valence electrons. The largest absolute Gasteiger partial charge is 0.236 e. The molecule has 3 rings (SSSR count). The summed E-state index contributed by atoms with van der Waals surface area (Å²) in [6.45, 7) is 4.19. The van der Waals surface area contributed by atoms with Gasteiger partial charge < -0.3 is 0 Å². The third-order valence-electron chi connectivity index (χ3n) is 3.00. The van der Waals surface area contributed by atoms with E-state index >= 15 is 0 Å². The van der Waals surface area contributed by atoms with E-state index in [1.807, 2.05) is 18.2 Å². The van der Waals surface area contributed by atoms with Gasteiger partial charge in [-0.25, -0.2) is 4.98 Å². The van der Waals surface area contributed by atoms with E-state index in [0.717, 1.165) is 16.1 Å². The number of aryl methyl sites for hydroxylation is 2. The first kappa shape index (κ1) is 12.9. The summed E-state index contributed by atoms with van der Waals surface area (Å²) in [7, 11) is 0. The van der Waals surface area contributed by atoms with Gasteiger partial charge in [-0.2, -0.15) is 0 Å². The lowest BCUT2D eigenvalue weighted by Crippen LogP contribution is -1.80. The van der Waals surface area contributed by atoms with Crippen LogP contribution >= 0.6 is 34.5 Å². The normalized spacial score (nSPS) is 11.2. The van der Waals surface area contributed by atoms with E-state index in [1.54, 1.807) is 11.3 Å². The van der Waals surface area contributed by atoms with Gasteiger partial charge in [0.2, 0.25) is 0 Å². The number of halogens is 2. The van der Waals surface area contributed by atoms with Crippen LogP contribution in [0.2, 0.25) is 10.0 Å². The van der Waals surface area contributed by atoms with Crippen LogP contribution in [0.4, 0.5) is 0 Å². The lowest BCUT2D eigenvalue weighted by Gasteiger charge is -1.98. The molecule has 2 aromatic carbocycles. The van der Waals surface area contributed by atoms with E-state index in [2.05, 4.69) is 26.0 Å². The molecule has 0 aliphatic heterocycles. The maximum Gasteiger partial charge on any atom is 0.124 e. The molecular formula is C15H11Cl2NS. The van der Waals surface area contributed by atoms with Crippen molar-refractivity contribution in [2.75, 3.05) is 0 Å². The molecule has 0 saturated heterocycles. The fourth-order valence-electron chi connectivity index (χ4n) is 2.12. The van der Waals surface area contributed by atoms with Gasteiger partial charge in [-0.15, -0.1) is 11.3 Å². The van der Waals surface area contributed by atoms with Crippen molar-refractivity contribution in [2.24, 2.45) is 0 Å². The molecule has 4 heteroatoms. The van der Waals surface area contributed by atoms with Gasteiger partial charge in [-0.05, 0) is 43.2 Å². The number of hydrogen-bond acceptors (Lipinski definition) is 2. The number of nitrogens with zero attached hydrogens (tertiary/aromatic N) is 1. The van der Waals surface area contributed by atoms with Crippen molar-refractivity contribution in [3.63, 3.8) is 0 Å². The van der Waals surface area contributed by atoms with E-state index in [-0.39, 0.29) is 0 Å². The van der Waals surface area contributed by atoms with Crippen LogP contribution in [0.1, 0.15) is 11.1 Å². The predicted octanol–water partition coefficient (Wildman–Crippen LogP) is 5.89. The summed E-state index contributed by atoms with van der Waals surface area (Å²) in [5, 5.41) is 2.10. The Morgan fingerprint density at radius 2 is 1.79 bits per heavy atom. The third-order valence-corrected chi connectivity index (χ3v) is 4.79. The topological polar surface area (TPSA) is 12.9 Å². The molecule has 3 aromatic rings. The van der Waals surface area contributed by atoms with Crippen LogP contribution < -0.4 is 0 Å². The molecule has 0 N–H and O–H groups in total. The Hall–Kier alpha value is -1.09. The summed E-state index contributed by atoms with van der Waals surface area (Å²) in [5.41, 5.74) is 4.54. The van der Waals surface area contributed by atoms with E-state index in [4.69, 9.17) is 28.2 Å². The molecule has 0 bridgehead atoms. The van der Waals surface area contributed by atoms with E-state index in [1.165, 1.54) is 15.8 Å². The second-order valence-electron chi connectivity index (χ2n) is 4.58. The van der Waals surface area contributed by atoms with Gasteiger partial charge in [0.15, 0.2) is 0 Å². The molecule has 0 amide bonds. The Morgan fingerprint density at radius 1 is 1.00 bits per heavy atom. The Bertz CT molecular complexity index is 777. The minimum absolute atomic E-state index is 0.561. The summed E-state index contributed by atoms with van der Waals surface area (Å²) in [6.07, 6.45) is 0. The SMILES string of the molecule is Cc1cc(C)c2nc(-c3ccc(Cl)c(Cl)c3)sc2c1. The molecule has 0 radical (unpaired) electrons. The summed E-state index contributed by atoms with van der Waals surface area (Å²) >= 11 is 13.7. The Morgan fingerprint density at radius 3 is 2.53 bits per heavy atom. The van der Waals surface area contributed by atoms with Crippen molar-refractivity contribution in [3.8, 4) is 10.6 Å². The number of fused-ring (bicyclic) bond motifs is 1. The maximum absolute atomic E-state index is 6.06. The second-order valence-corrected chi connectivity index (χ2v) is 6.42. The highest BCUT2D eigenvalue weighted by Gasteiger charge is 2.10. The van der Waals surface area contributed by atoms with Gasteiger partial charge >= 0.3 is 0 Å². The fraction of sp³-hybridized carbons (Fsp3) is 0.133. The standard InChI is InChI=1S/C15H11Cl2NS/c1-8-5-9(2)14-13(6-8)19-15(18-14)10-3-4-11(16)12(17)7-10/h3-7H,1-2H3. The van der Waals surface area contributed by atoms with Gasteiger partial charge in [0.1, 0.15) is 5.01 Å². The Balaban J connectivity index is 2.20. The molecule has 0 unspecified atom stereocenters. The molecule has 0 aliphatic rings. The third kappa shape index (κ3) is 2.36. The molecule has 19 heavy (non-hydrogen) atoms. The molecular weight excluding hydrogens is 297 g/mol. The van der Waals surface area contributed by atoms with Crippen molar-refractivity contribution in [1.29, 1.82) is 0 Å². The van der Waals surface area contributed by atoms with Gasteiger partial charge in [-0.3, -0.25) is 0 Å². The van der Waals surface area contributed by atoms with Crippen molar-refractivity contribution in [1.82, 2.24) is 4.98 Å². The maximum atomic E-state index is 6.06. The lowest BCUT2D eigenvalue weighted by molar-refractivity contribution is 1.38. The smallest absolute Gasteiger partial charge is 0.124 e. The summed E-state index contributed by atoms with van der Waals surface area (Å²) < 4.78 is 1.21. The van der Waals surface area contributed by atoms with Crippen LogP contribution in [0.25, 0.3) is 20.8 Å². The molecule has 1 nitrogen and oxygen atoms in total. The van der Waals surface area contributed by atoms with Gasteiger partial charge in [0.25, 0.3) is 0 Å². The molecule has 1 aromatic heterocycles. The number of benzene rings is 2. The fourth-order valence-corrected chi connectivity index (χ4v) is 3.56. The van der Waals surface area contributed by atoms with Crippen LogP contribution in [0, 0.1) is 13.8 Å². The van der Waals surface area contributed by atoms with E-state index < -0.39 is 0 Å². The van der Waals surface area contributed by atoms with Gasteiger partial charge in [0, 0.05) is 5.56 Å². The zero-order valence-corrected chi connectivity index (χ0v) is 12.8. The van der Waals surface area contributed by atoms with Gasteiger partial charge in [0.05, 0.1) is 20.3 Å². The number of rotatable bonds is 1. The van der Waals surface area contributed by atoms with Gasteiger partial charge in [-0.1, -0.05) is 35.3 Å². The van der Waals surface area contributed by atoms with E-state index in [0.29, 0.717) is 10.0 Å². The zero-order chi connectivity index (χ0) is 13.6. The summed E-state index contributed by atoms with van der Waals surface area (Å²) in [6, 6.07) is 9.95. The minimum Gasteiger partial charge on any atom is -0.236 e. The molecule has 0 fully saturated rings. The first-order chi connectivity index (χ1) is 9.04. The van der Waals surface area contributed by atoms with Crippen LogP contribution in [-0.2, 0) is 0 Å². The summed E-state index contributed by atoms with van der Waals surface area (Å²) in [4.78, 5) is 4.71. The second kappa shape index (κ2) is 4.78. The highest BCUT2D eigenvalue weighted by atomic mass is 35.5. The highest BCUT2D eigenvalue weighted by molar-refractivity contribution is 7.21. The van der Waals surface area contributed by atoms with Crippen LogP contribution in [0.5, 0.6) is 0 Å². The molecule has 1 heterocycles. The molecule has 0 atom stereocenters. The first-order valence-corrected chi connectivity index (χ1v) is 7.45.